The van der Waals surface area contributed by atoms with E-state index < -0.39 is 0 Å². The number of nitrogens with one attached hydrogen (secondary N) is 1. The molecule has 0 bridgehead atoms. The Morgan fingerprint density at radius 1 is 1.12 bits per heavy atom. The number of aromatic nitrogens is 3. The minimum atomic E-state index is -0.181. The van der Waals surface area contributed by atoms with Crippen molar-refractivity contribution in [1.29, 1.82) is 0 Å². The van der Waals surface area contributed by atoms with Crippen LogP contribution in [0.5, 0.6) is 0 Å². The third-order valence-corrected chi connectivity index (χ3v) is 5.25. The quantitative estimate of drug-likeness (QED) is 0.720. The van der Waals surface area contributed by atoms with Crippen molar-refractivity contribution >= 4 is 27.3 Å². The van der Waals surface area contributed by atoms with E-state index in [0.29, 0.717) is 6.04 Å². The predicted molar refractivity (Wildman–Crippen MR) is 99.0 cm³/mol. The number of hydrogen-bond donors (Lipinski definition) is 1. The van der Waals surface area contributed by atoms with Gasteiger partial charge in [0.15, 0.2) is 5.82 Å². The third kappa shape index (κ3) is 3.67. The lowest BCUT2D eigenvalue weighted by atomic mass is 10.0. The van der Waals surface area contributed by atoms with Gasteiger partial charge < -0.3 is 5.32 Å². The van der Waals surface area contributed by atoms with Gasteiger partial charge in [-0.2, -0.15) is 5.10 Å². The molecule has 1 fully saturated rings. The zero-order valence-corrected chi connectivity index (χ0v) is 15.3. The van der Waals surface area contributed by atoms with Crippen molar-refractivity contribution in [2.75, 3.05) is 18.4 Å². The summed E-state index contributed by atoms with van der Waals surface area (Å²) in [5.41, 5.74) is 2.13. The van der Waals surface area contributed by atoms with Crippen LogP contribution < -0.4 is 5.32 Å². The van der Waals surface area contributed by atoms with Crippen molar-refractivity contribution in [3.05, 3.63) is 58.7 Å². The second kappa shape index (κ2) is 7.09. The molecule has 0 atom stereocenters. The summed E-state index contributed by atoms with van der Waals surface area (Å²) in [6.07, 6.45) is 3.68. The lowest BCUT2D eigenvalue weighted by molar-refractivity contribution is 0.211. The van der Waals surface area contributed by atoms with Crippen LogP contribution in [-0.2, 0) is 6.54 Å². The minimum Gasteiger partial charge on any atom is -0.365 e. The number of hydrogen-bond acceptors (Lipinski definition) is 4. The van der Waals surface area contributed by atoms with Gasteiger partial charge in [-0.15, -0.1) is 0 Å². The monoisotopic (exact) mass is 403 g/mol. The average molecular weight is 404 g/mol. The number of benzene rings is 1. The highest BCUT2D eigenvalue weighted by molar-refractivity contribution is 9.10. The Hall–Kier alpha value is -1.99. The van der Waals surface area contributed by atoms with E-state index in [4.69, 9.17) is 0 Å². The lowest BCUT2D eigenvalue weighted by Gasteiger charge is -2.32. The van der Waals surface area contributed by atoms with Crippen molar-refractivity contribution in [3.8, 4) is 0 Å². The van der Waals surface area contributed by atoms with Gasteiger partial charge in [0.2, 0.25) is 0 Å². The van der Waals surface area contributed by atoms with Crippen LogP contribution in [0.15, 0.2) is 47.3 Å². The number of halogens is 2. The van der Waals surface area contributed by atoms with Gasteiger partial charge in [-0.25, -0.2) is 13.9 Å². The number of anilines is 1. The zero-order chi connectivity index (χ0) is 17.2. The predicted octanol–water partition coefficient (Wildman–Crippen LogP) is 3.71. The molecule has 5 nitrogen and oxygen atoms in total. The molecular formula is C18H19BrFN5. The Balaban J connectivity index is 1.36. The molecule has 1 saturated heterocycles. The SMILES string of the molecule is Fc1ccc(CN2CCC(Nc3ncnn4c(Br)ccc34)CC2)cc1. The van der Waals surface area contributed by atoms with Crippen LogP contribution in [0.25, 0.3) is 5.52 Å². The topological polar surface area (TPSA) is 45.5 Å². The number of likely N-dealkylation sites (tertiary alicyclic amines) is 1. The van der Waals surface area contributed by atoms with Gasteiger partial charge in [0.25, 0.3) is 0 Å². The number of nitrogens with zero attached hydrogens (tertiary/aromatic N) is 4. The summed E-state index contributed by atoms with van der Waals surface area (Å²) < 4.78 is 15.8. The van der Waals surface area contributed by atoms with Crippen LogP contribution in [0.1, 0.15) is 18.4 Å². The summed E-state index contributed by atoms with van der Waals surface area (Å²) in [7, 11) is 0. The molecule has 0 unspecified atom stereocenters. The molecule has 7 heteroatoms. The third-order valence-electron chi connectivity index (χ3n) is 4.65. The van der Waals surface area contributed by atoms with Gasteiger partial charge in [-0.05, 0) is 58.6 Å². The number of rotatable bonds is 4. The summed E-state index contributed by atoms with van der Waals surface area (Å²) in [6.45, 7) is 2.90. The molecular weight excluding hydrogens is 385 g/mol. The van der Waals surface area contributed by atoms with Crippen molar-refractivity contribution in [1.82, 2.24) is 19.5 Å². The first-order valence-corrected chi connectivity index (χ1v) is 9.20. The van der Waals surface area contributed by atoms with Gasteiger partial charge in [0, 0.05) is 25.7 Å². The number of fused-ring (bicyclic) bond motifs is 1. The van der Waals surface area contributed by atoms with Gasteiger partial charge in [-0.1, -0.05) is 12.1 Å². The molecule has 1 aromatic carbocycles. The maximum Gasteiger partial charge on any atom is 0.154 e. The summed E-state index contributed by atoms with van der Waals surface area (Å²) in [5.74, 6) is 0.692. The second-order valence-corrected chi connectivity index (χ2v) is 7.20. The van der Waals surface area contributed by atoms with E-state index in [0.717, 1.165) is 54.0 Å². The van der Waals surface area contributed by atoms with E-state index in [2.05, 4.69) is 36.2 Å². The van der Waals surface area contributed by atoms with Gasteiger partial charge >= 0.3 is 0 Å². The van der Waals surface area contributed by atoms with E-state index in [-0.39, 0.29) is 5.82 Å². The first-order chi connectivity index (χ1) is 12.2. The summed E-state index contributed by atoms with van der Waals surface area (Å²) in [5, 5.41) is 7.80. The first-order valence-electron chi connectivity index (χ1n) is 8.40. The summed E-state index contributed by atoms with van der Waals surface area (Å²) >= 11 is 3.48. The maximum absolute atomic E-state index is 13.0. The van der Waals surface area contributed by atoms with Gasteiger partial charge in [0.05, 0.1) is 0 Å². The molecule has 0 spiro atoms. The molecule has 0 aliphatic carbocycles. The van der Waals surface area contributed by atoms with E-state index in [1.807, 2.05) is 28.8 Å². The molecule has 0 saturated carbocycles. The Kier molecular flexibility index (Phi) is 4.67. The van der Waals surface area contributed by atoms with Crippen LogP contribution in [0.2, 0.25) is 0 Å². The average Bonchev–Trinajstić information content (AvgIpc) is 3.01. The summed E-state index contributed by atoms with van der Waals surface area (Å²) in [4.78, 5) is 6.81. The Labute approximate surface area is 154 Å². The van der Waals surface area contributed by atoms with E-state index >= 15 is 0 Å². The van der Waals surface area contributed by atoms with Crippen LogP contribution in [0, 0.1) is 5.82 Å². The molecule has 0 radical (unpaired) electrons. The fraction of sp³-hybridized carbons (Fsp3) is 0.333. The van der Waals surface area contributed by atoms with Gasteiger partial charge in [-0.3, -0.25) is 4.90 Å². The smallest absolute Gasteiger partial charge is 0.154 e. The largest absolute Gasteiger partial charge is 0.365 e. The second-order valence-electron chi connectivity index (χ2n) is 6.38. The number of piperidine rings is 1. The fourth-order valence-electron chi connectivity index (χ4n) is 3.29. The molecule has 2 aromatic heterocycles. The van der Waals surface area contributed by atoms with Gasteiger partial charge in [0.1, 0.15) is 22.3 Å². The molecule has 130 valence electrons. The summed E-state index contributed by atoms with van der Waals surface area (Å²) in [6, 6.07) is 11.2. The van der Waals surface area contributed by atoms with Crippen molar-refractivity contribution < 1.29 is 4.39 Å². The molecule has 1 aliphatic rings. The highest BCUT2D eigenvalue weighted by Gasteiger charge is 2.20. The van der Waals surface area contributed by atoms with E-state index in [1.54, 1.807) is 6.33 Å². The molecule has 4 rings (SSSR count). The van der Waals surface area contributed by atoms with Crippen LogP contribution in [-0.4, -0.2) is 38.6 Å². The van der Waals surface area contributed by atoms with Crippen molar-refractivity contribution in [3.63, 3.8) is 0 Å². The fourth-order valence-corrected chi connectivity index (χ4v) is 3.70. The standard InChI is InChI=1S/C18H19BrFN5/c19-17-6-5-16-18(21-12-22-25(16)17)23-15-7-9-24(10-8-15)11-13-1-3-14(20)4-2-13/h1-6,12,15H,7-11H2,(H,21,22,23). The molecule has 0 amide bonds. The zero-order valence-electron chi connectivity index (χ0n) is 13.7. The highest BCUT2D eigenvalue weighted by Crippen LogP contribution is 2.23. The minimum absolute atomic E-state index is 0.181. The first kappa shape index (κ1) is 16.5. The van der Waals surface area contributed by atoms with Crippen LogP contribution >= 0.6 is 15.9 Å². The molecule has 1 aliphatic heterocycles. The van der Waals surface area contributed by atoms with Crippen molar-refractivity contribution in [2.45, 2.75) is 25.4 Å². The molecule has 3 heterocycles. The van der Waals surface area contributed by atoms with Crippen molar-refractivity contribution in [2.24, 2.45) is 0 Å². The Morgan fingerprint density at radius 3 is 2.64 bits per heavy atom. The molecule has 3 aromatic rings. The maximum atomic E-state index is 13.0. The molecule has 25 heavy (non-hydrogen) atoms. The molecule has 1 N–H and O–H groups in total. The Bertz CT molecular complexity index is 856. The highest BCUT2D eigenvalue weighted by atomic mass is 79.9. The van der Waals surface area contributed by atoms with E-state index in [1.165, 1.54) is 12.1 Å². The van der Waals surface area contributed by atoms with Crippen LogP contribution in [0.4, 0.5) is 10.2 Å². The van der Waals surface area contributed by atoms with E-state index in [9.17, 15) is 4.39 Å². The normalized spacial score (nSPS) is 16.4. The van der Waals surface area contributed by atoms with Crippen LogP contribution in [0.3, 0.4) is 0 Å². The lowest BCUT2D eigenvalue weighted by Crippen LogP contribution is -2.38. The Morgan fingerprint density at radius 2 is 1.88 bits per heavy atom.